The Balaban J connectivity index is 2.21. The Kier molecular flexibility index (Phi) is 6.76. The Morgan fingerprint density at radius 2 is 2.31 bits per heavy atom. The van der Waals surface area contributed by atoms with Gasteiger partial charge in [0.2, 0.25) is 0 Å². The van der Waals surface area contributed by atoms with E-state index in [1.54, 1.807) is 6.20 Å². The Bertz CT molecular complexity index is 323. The third-order valence-electron chi connectivity index (χ3n) is 1.99. The normalized spacial score (nSPS) is 10.4. The van der Waals surface area contributed by atoms with Gasteiger partial charge in [-0.2, -0.15) is 0 Å². The molecule has 0 radical (unpaired) electrons. The van der Waals surface area contributed by atoms with Crippen LogP contribution in [0, 0.1) is 0 Å². The van der Waals surface area contributed by atoms with Gasteiger partial charge in [0.1, 0.15) is 5.82 Å². The predicted octanol–water partition coefficient (Wildman–Crippen LogP) is 3.73. The van der Waals surface area contributed by atoms with Crippen LogP contribution in [0.2, 0.25) is 5.02 Å². The molecule has 0 bridgehead atoms. The minimum Gasteiger partial charge on any atom is -0.380 e. The maximum Gasteiger partial charge on any atom is 0.144 e. The second kappa shape index (κ2) is 7.87. The van der Waals surface area contributed by atoms with Crippen molar-refractivity contribution in [3.05, 3.63) is 21.8 Å². The van der Waals surface area contributed by atoms with E-state index < -0.39 is 0 Å². The number of hydrogen-bond acceptors (Lipinski definition) is 3. The Morgan fingerprint density at radius 3 is 3.00 bits per heavy atom. The molecule has 0 fully saturated rings. The molecule has 16 heavy (non-hydrogen) atoms. The van der Waals surface area contributed by atoms with Gasteiger partial charge in [0.05, 0.1) is 11.6 Å². The molecule has 0 amide bonds. The third kappa shape index (κ3) is 5.14. The highest BCUT2D eigenvalue weighted by Gasteiger charge is 2.01. The smallest absolute Gasteiger partial charge is 0.144 e. The lowest BCUT2D eigenvalue weighted by Crippen LogP contribution is -2.11. The average Bonchev–Trinajstić information content (AvgIpc) is 2.26. The molecule has 0 aromatic carbocycles. The summed E-state index contributed by atoms with van der Waals surface area (Å²) in [5, 5.41) is 3.74. The van der Waals surface area contributed by atoms with E-state index in [0.717, 1.165) is 30.5 Å². The number of pyridine rings is 1. The van der Waals surface area contributed by atoms with Crippen LogP contribution in [0.1, 0.15) is 19.8 Å². The van der Waals surface area contributed by atoms with Crippen LogP contribution in [0.25, 0.3) is 0 Å². The van der Waals surface area contributed by atoms with E-state index in [4.69, 9.17) is 16.3 Å². The summed E-state index contributed by atoms with van der Waals surface area (Å²) in [7, 11) is 0. The van der Waals surface area contributed by atoms with Crippen molar-refractivity contribution >= 4 is 33.3 Å². The molecule has 5 heteroatoms. The maximum atomic E-state index is 6.00. The lowest BCUT2D eigenvalue weighted by molar-refractivity contribution is 0.141. The minimum atomic E-state index is 0.614. The molecule has 0 saturated heterocycles. The van der Waals surface area contributed by atoms with Crippen molar-refractivity contribution in [3.8, 4) is 0 Å². The molecule has 0 aliphatic heterocycles. The van der Waals surface area contributed by atoms with Crippen LogP contribution in [-0.2, 0) is 4.74 Å². The molecule has 0 aliphatic carbocycles. The monoisotopic (exact) mass is 306 g/mol. The number of ether oxygens (including phenoxy) is 1. The van der Waals surface area contributed by atoms with E-state index in [0.29, 0.717) is 17.4 Å². The highest BCUT2D eigenvalue weighted by Crippen LogP contribution is 2.22. The molecular formula is C11H16BrClN2O. The lowest BCUT2D eigenvalue weighted by atomic mass is 10.4. The fourth-order valence-corrected chi connectivity index (χ4v) is 1.83. The molecule has 1 heterocycles. The molecule has 0 saturated carbocycles. The molecule has 0 atom stereocenters. The van der Waals surface area contributed by atoms with Gasteiger partial charge in [-0.3, -0.25) is 0 Å². The minimum absolute atomic E-state index is 0.614. The molecule has 1 N–H and O–H groups in total. The summed E-state index contributed by atoms with van der Waals surface area (Å²) < 4.78 is 6.29. The van der Waals surface area contributed by atoms with Gasteiger partial charge in [0, 0.05) is 23.8 Å². The van der Waals surface area contributed by atoms with Crippen LogP contribution in [-0.4, -0.2) is 24.7 Å². The first kappa shape index (κ1) is 13.7. The standard InChI is InChI=1S/C11H16BrClN2O/c1-2-3-5-16-6-4-14-11-10(13)7-9(12)8-15-11/h7-8H,2-6H2,1H3,(H,14,15). The van der Waals surface area contributed by atoms with Crippen LogP contribution < -0.4 is 5.32 Å². The molecule has 0 aliphatic rings. The fourth-order valence-electron chi connectivity index (χ4n) is 1.13. The lowest BCUT2D eigenvalue weighted by Gasteiger charge is -2.07. The largest absolute Gasteiger partial charge is 0.380 e. The van der Waals surface area contributed by atoms with E-state index >= 15 is 0 Å². The summed E-state index contributed by atoms with van der Waals surface area (Å²) in [6, 6.07) is 1.81. The van der Waals surface area contributed by atoms with E-state index in [9.17, 15) is 0 Å². The Labute approximate surface area is 110 Å². The molecule has 1 rings (SSSR count). The number of halogens is 2. The Hall–Kier alpha value is -0.320. The zero-order chi connectivity index (χ0) is 11.8. The number of anilines is 1. The zero-order valence-electron chi connectivity index (χ0n) is 9.30. The van der Waals surface area contributed by atoms with Gasteiger partial charge in [0.25, 0.3) is 0 Å². The SMILES string of the molecule is CCCCOCCNc1ncc(Br)cc1Cl. The van der Waals surface area contributed by atoms with Gasteiger partial charge in [-0.15, -0.1) is 0 Å². The van der Waals surface area contributed by atoms with Gasteiger partial charge < -0.3 is 10.1 Å². The van der Waals surface area contributed by atoms with Crippen molar-refractivity contribution in [2.24, 2.45) is 0 Å². The van der Waals surface area contributed by atoms with Crippen molar-refractivity contribution in [2.75, 3.05) is 25.1 Å². The van der Waals surface area contributed by atoms with Crippen LogP contribution >= 0.6 is 27.5 Å². The number of unbranched alkanes of at least 4 members (excludes halogenated alkanes) is 1. The first-order valence-corrected chi connectivity index (χ1v) is 6.53. The quantitative estimate of drug-likeness (QED) is 0.780. The molecule has 0 spiro atoms. The van der Waals surface area contributed by atoms with E-state index in [1.165, 1.54) is 0 Å². The molecule has 3 nitrogen and oxygen atoms in total. The summed E-state index contributed by atoms with van der Waals surface area (Å²) >= 11 is 9.30. The van der Waals surface area contributed by atoms with Crippen LogP contribution in [0.5, 0.6) is 0 Å². The molecule has 1 aromatic heterocycles. The summed E-state index contributed by atoms with van der Waals surface area (Å²) in [4.78, 5) is 4.17. The van der Waals surface area contributed by atoms with Gasteiger partial charge >= 0.3 is 0 Å². The topological polar surface area (TPSA) is 34.1 Å². The van der Waals surface area contributed by atoms with Gasteiger partial charge in [0.15, 0.2) is 0 Å². The first-order valence-electron chi connectivity index (χ1n) is 5.36. The summed E-state index contributed by atoms with van der Waals surface area (Å²) in [5.74, 6) is 0.698. The third-order valence-corrected chi connectivity index (χ3v) is 2.71. The van der Waals surface area contributed by atoms with Crippen molar-refractivity contribution in [3.63, 3.8) is 0 Å². The number of nitrogens with zero attached hydrogens (tertiary/aromatic N) is 1. The van der Waals surface area contributed by atoms with Crippen molar-refractivity contribution in [1.82, 2.24) is 4.98 Å². The maximum absolute atomic E-state index is 6.00. The van der Waals surface area contributed by atoms with Crippen LogP contribution in [0.15, 0.2) is 16.7 Å². The molecular weight excluding hydrogens is 291 g/mol. The van der Waals surface area contributed by atoms with Crippen molar-refractivity contribution < 1.29 is 4.74 Å². The van der Waals surface area contributed by atoms with Crippen LogP contribution in [0.3, 0.4) is 0 Å². The number of rotatable bonds is 7. The van der Waals surface area contributed by atoms with Crippen molar-refractivity contribution in [2.45, 2.75) is 19.8 Å². The highest BCUT2D eigenvalue weighted by atomic mass is 79.9. The second-order valence-corrected chi connectivity index (χ2v) is 4.70. The fraction of sp³-hybridized carbons (Fsp3) is 0.545. The van der Waals surface area contributed by atoms with Gasteiger partial charge in [-0.05, 0) is 28.4 Å². The number of nitrogens with one attached hydrogen (secondary N) is 1. The first-order chi connectivity index (χ1) is 7.74. The van der Waals surface area contributed by atoms with E-state index in [1.807, 2.05) is 6.07 Å². The summed E-state index contributed by atoms with van der Waals surface area (Å²) in [6.07, 6.45) is 3.98. The summed E-state index contributed by atoms with van der Waals surface area (Å²) in [5.41, 5.74) is 0. The van der Waals surface area contributed by atoms with Gasteiger partial charge in [-0.25, -0.2) is 4.98 Å². The Morgan fingerprint density at radius 1 is 1.50 bits per heavy atom. The predicted molar refractivity (Wildman–Crippen MR) is 71.2 cm³/mol. The highest BCUT2D eigenvalue weighted by molar-refractivity contribution is 9.10. The second-order valence-electron chi connectivity index (χ2n) is 3.38. The van der Waals surface area contributed by atoms with Crippen LogP contribution in [0.4, 0.5) is 5.82 Å². The molecule has 0 unspecified atom stereocenters. The zero-order valence-corrected chi connectivity index (χ0v) is 11.6. The molecule has 90 valence electrons. The summed E-state index contributed by atoms with van der Waals surface area (Å²) in [6.45, 7) is 4.36. The van der Waals surface area contributed by atoms with E-state index in [2.05, 4.69) is 33.2 Å². The van der Waals surface area contributed by atoms with Gasteiger partial charge in [-0.1, -0.05) is 24.9 Å². The number of aromatic nitrogens is 1. The average molecular weight is 308 g/mol. The molecule has 1 aromatic rings. The van der Waals surface area contributed by atoms with E-state index in [-0.39, 0.29) is 0 Å². The van der Waals surface area contributed by atoms with Crippen molar-refractivity contribution in [1.29, 1.82) is 0 Å². The number of hydrogen-bond donors (Lipinski definition) is 1.